The second kappa shape index (κ2) is 76.0. The first kappa shape index (κ1) is 128. The standard InChI is InChI=1S/C110H205NO34/c1-16-29-42-55-119-69-77-91-84(113)99(127-63-50-37-24-9)106(134-77)142-93-79(71-121-57-44-31-18-3)136-108(101(86(93)115)129-65-52-39-26-11)144-95-81(73-123-59-46-33-20-5)138-110(103(88(95)117)131-67-54-41-28-13)145-96-82(74-124-60-47-34-21-6)137-109(102(89(96)118)130-66-53-40-27-12)143-94-80(72-122-58-45-32-19-4)135-107(100(87(94)116)128-64-51-38-25-10)141-92-78(70-120-56-43-30-17-2)133-105(98(85(92)114)126-62-49-36-23-8)139-90-76(68-111-75(14)15)132-104(140-91)97(83(90)112)125-61-48-35-22-7/h68,75-110,112-118H,16-67,69-74H2,1-15H3. The van der Waals surface area contributed by atoms with Crippen molar-refractivity contribution in [3.05, 3.63) is 0 Å². The summed E-state index contributed by atoms with van der Waals surface area (Å²) in [7, 11) is 0. The van der Waals surface area contributed by atoms with E-state index in [1.54, 1.807) is 6.21 Å². The highest BCUT2D eigenvalue weighted by molar-refractivity contribution is 5.65. The first-order valence-corrected chi connectivity index (χ1v) is 58.0. The molecule has 854 valence electrons. The lowest BCUT2D eigenvalue weighted by Crippen LogP contribution is -2.69. The van der Waals surface area contributed by atoms with Crippen LogP contribution in [0, 0.1) is 0 Å². The van der Waals surface area contributed by atoms with E-state index >= 15 is 0 Å². The summed E-state index contributed by atoms with van der Waals surface area (Å²) in [4.78, 5) is 4.91. The summed E-state index contributed by atoms with van der Waals surface area (Å²) in [6, 6.07) is -0.318. The number of rotatable bonds is 73. The van der Waals surface area contributed by atoms with Crippen molar-refractivity contribution in [1.82, 2.24) is 0 Å². The fourth-order valence-electron chi connectivity index (χ4n) is 19.6. The zero-order valence-electron chi connectivity index (χ0n) is 92.0. The molecule has 21 heterocycles. The Morgan fingerprint density at radius 1 is 0.193 bits per heavy atom. The second-order valence-electron chi connectivity index (χ2n) is 41.2. The second-order valence-corrected chi connectivity index (χ2v) is 41.2. The first-order chi connectivity index (χ1) is 70.8. The van der Waals surface area contributed by atoms with Gasteiger partial charge >= 0.3 is 0 Å². The summed E-state index contributed by atoms with van der Waals surface area (Å²) in [6.45, 7) is 32.8. The lowest BCUT2D eigenvalue weighted by Gasteiger charge is -2.51. The lowest BCUT2D eigenvalue weighted by molar-refractivity contribution is -0.403. The summed E-state index contributed by atoms with van der Waals surface area (Å²) < 4.78 is 191. The Labute approximate surface area is 871 Å². The fraction of sp³-hybridized carbons (Fsp3) is 0.991. The quantitative estimate of drug-likeness (QED) is 0.0220. The van der Waals surface area contributed by atoms with Crippen LogP contribution in [-0.2, 0) is 128 Å². The molecular weight excluding hydrogens is 1880 g/mol. The van der Waals surface area contributed by atoms with Crippen molar-refractivity contribution in [2.75, 3.05) is 126 Å². The molecular formula is C110H205NO34. The highest BCUT2D eigenvalue weighted by atomic mass is 16.8. The van der Waals surface area contributed by atoms with Crippen LogP contribution in [0.4, 0.5) is 0 Å². The van der Waals surface area contributed by atoms with Gasteiger partial charge in [-0.25, -0.2) is 0 Å². The molecule has 21 rings (SSSR count). The Morgan fingerprint density at radius 2 is 0.338 bits per heavy atom. The molecule has 0 radical (unpaired) electrons. The van der Waals surface area contributed by atoms with Crippen molar-refractivity contribution >= 4 is 6.21 Å². The maximum Gasteiger partial charge on any atom is 0.187 e. The molecule has 0 aromatic heterocycles. The van der Waals surface area contributed by atoms with Gasteiger partial charge in [-0.15, -0.1) is 0 Å². The zero-order chi connectivity index (χ0) is 104. The summed E-state index contributed by atoms with van der Waals surface area (Å²) >= 11 is 0. The predicted molar refractivity (Wildman–Crippen MR) is 547 cm³/mol. The van der Waals surface area contributed by atoms with Gasteiger partial charge in [0, 0.05) is 98.1 Å². The van der Waals surface area contributed by atoms with Gasteiger partial charge in [-0.1, -0.05) is 257 Å². The Bertz CT molecular complexity index is 3050. The molecule has 35 heteroatoms. The summed E-state index contributed by atoms with van der Waals surface area (Å²) in [6.07, 6.45) is -18.2. The molecule has 21 saturated heterocycles. The monoisotopic (exact) mass is 2080 g/mol. The Morgan fingerprint density at radius 3 is 0.497 bits per heavy atom. The average Bonchev–Trinajstić information content (AvgIpc) is 0.945. The van der Waals surface area contributed by atoms with Gasteiger partial charge in [-0.2, -0.15) is 0 Å². The maximum absolute atomic E-state index is 13.8. The highest BCUT2D eigenvalue weighted by Gasteiger charge is 2.62. The molecule has 14 bridgehead atoms. The number of aliphatic hydroxyl groups is 7. The van der Waals surface area contributed by atoms with E-state index in [0.29, 0.717) is 123 Å². The Kier molecular flexibility index (Phi) is 67.4. The van der Waals surface area contributed by atoms with Gasteiger partial charge in [0.25, 0.3) is 0 Å². The van der Waals surface area contributed by atoms with Crippen LogP contribution >= 0.6 is 0 Å². The van der Waals surface area contributed by atoms with E-state index in [9.17, 15) is 35.7 Å². The summed E-state index contributed by atoms with van der Waals surface area (Å²) in [5, 5.41) is 96.6. The summed E-state index contributed by atoms with van der Waals surface area (Å²) in [5.41, 5.74) is 0. The third-order valence-corrected chi connectivity index (χ3v) is 28.3. The van der Waals surface area contributed by atoms with Crippen LogP contribution < -0.4 is 0 Å². The van der Waals surface area contributed by atoms with E-state index in [1.807, 2.05) is 13.8 Å². The van der Waals surface area contributed by atoms with Crippen LogP contribution in [0.15, 0.2) is 4.99 Å². The topological polar surface area (TPSA) is 403 Å². The van der Waals surface area contributed by atoms with Crippen molar-refractivity contribution in [2.45, 2.75) is 575 Å². The van der Waals surface area contributed by atoms with Crippen LogP contribution in [0.1, 0.15) is 354 Å². The molecule has 21 fully saturated rings. The van der Waals surface area contributed by atoms with Crippen LogP contribution in [0.25, 0.3) is 0 Å². The zero-order valence-corrected chi connectivity index (χ0v) is 92.0. The number of nitrogens with zero attached hydrogens (tertiary/aromatic N) is 1. The minimum Gasteiger partial charge on any atom is -0.387 e. The van der Waals surface area contributed by atoms with E-state index in [-0.39, 0.29) is 91.9 Å². The van der Waals surface area contributed by atoms with E-state index < -0.39 is 215 Å². The number of aliphatic hydroxyl groups excluding tert-OH is 7. The molecule has 0 saturated carbocycles. The van der Waals surface area contributed by atoms with Gasteiger partial charge in [0.2, 0.25) is 0 Å². The molecule has 0 aromatic carbocycles. The molecule has 35 atom stereocenters. The van der Waals surface area contributed by atoms with Gasteiger partial charge in [-0.3, -0.25) is 4.99 Å². The van der Waals surface area contributed by atoms with E-state index in [4.69, 9.17) is 133 Å². The average molecular weight is 2090 g/mol. The molecule has 21 aliphatic heterocycles. The third kappa shape index (κ3) is 43.0. The molecule has 0 aliphatic carbocycles. The third-order valence-electron chi connectivity index (χ3n) is 28.3. The van der Waals surface area contributed by atoms with E-state index in [2.05, 4.69) is 90.0 Å². The van der Waals surface area contributed by atoms with Crippen molar-refractivity contribution in [2.24, 2.45) is 4.99 Å². The fourth-order valence-corrected chi connectivity index (χ4v) is 19.6. The number of hydrogen-bond acceptors (Lipinski definition) is 35. The minimum atomic E-state index is -1.66. The van der Waals surface area contributed by atoms with Gasteiger partial charge in [0.1, 0.15) is 171 Å². The molecule has 35 unspecified atom stereocenters. The summed E-state index contributed by atoms with van der Waals surface area (Å²) in [5.74, 6) is 0. The molecule has 35 nitrogen and oxygen atoms in total. The first-order valence-electron chi connectivity index (χ1n) is 58.0. The van der Waals surface area contributed by atoms with E-state index in [0.717, 1.165) is 167 Å². The maximum atomic E-state index is 13.8. The van der Waals surface area contributed by atoms with Gasteiger partial charge in [0.15, 0.2) is 44.0 Å². The molecule has 0 aromatic rings. The Hall–Kier alpha value is -1.69. The van der Waals surface area contributed by atoms with Crippen LogP contribution in [0.3, 0.4) is 0 Å². The van der Waals surface area contributed by atoms with E-state index in [1.165, 1.54) is 0 Å². The van der Waals surface area contributed by atoms with Gasteiger partial charge in [0.05, 0.1) is 39.6 Å². The number of aliphatic imine (C=N–C) groups is 1. The molecule has 21 aliphatic rings. The van der Waals surface area contributed by atoms with Gasteiger partial charge < -0.3 is 164 Å². The predicted octanol–water partition coefficient (Wildman–Crippen LogP) is 15.0. The van der Waals surface area contributed by atoms with Crippen molar-refractivity contribution in [1.29, 1.82) is 0 Å². The largest absolute Gasteiger partial charge is 0.387 e. The number of hydrogen-bond donors (Lipinski definition) is 7. The minimum absolute atomic E-state index is 0.124. The van der Waals surface area contributed by atoms with Crippen molar-refractivity contribution in [3.63, 3.8) is 0 Å². The SMILES string of the molecule is CCCCCOCC1OC2OC3C(COCCCCC)OC(OC4C(COCCCCC)OC(OC5C(COCCCCC)OC(OC6C(COCCCCC)OC(OC7C(COCCCCC)OC(OC8C(C=NC(C)C)OC(OC1C(O)C2OCCCCC)C(OCCCCC)C8O)C(OCCCCC)C7O)C(OCCCCC)C6O)C(OCCCCC)C5O)C(OCCCCC)C4O)C(OCCCCC)C3O. The molecule has 145 heavy (non-hydrogen) atoms. The van der Waals surface area contributed by atoms with Crippen molar-refractivity contribution in [3.8, 4) is 0 Å². The van der Waals surface area contributed by atoms with Crippen LogP contribution in [-0.4, -0.2) is 388 Å². The molecule has 7 N–H and O–H groups in total. The lowest BCUT2D eigenvalue weighted by atomic mass is 9.94. The molecule has 0 amide bonds. The number of unbranched alkanes of at least 4 members (excludes halogenated alkanes) is 26. The van der Waals surface area contributed by atoms with Crippen LogP contribution in [0.2, 0.25) is 0 Å². The smallest absolute Gasteiger partial charge is 0.187 e. The molecule has 0 spiro atoms. The van der Waals surface area contributed by atoms with Crippen LogP contribution in [0.5, 0.6) is 0 Å². The Balaban J connectivity index is 1.41. The van der Waals surface area contributed by atoms with Gasteiger partial charge in [-0.05, 0) is 97.3 Å². The number of ether oxygens (including phenoxy) is 27. The highest BCUT2D eigenvalue weighted by Crippen LogP contribution is 2.43. The van der Waals surface area contributed by atoms with Crippen molar-refractivity contribution < 1.29 is 164 Å². The normalized spacial score (nSPS) is 35.1.